The number of aromatic nitrogens is 2. The normalized spacial score (nSPS) is 16.5. The molecule has 4 nitrogen and oxygen atoms in total. The first-order chi connectivity index (χ1) is 14.5. The van der Waals surface area contributed by atoms with Crippen LogP contribution in [0.25, 0.3) is 23.0 Å². The van der Waals surface area contributed by atoms with Gasteiger partial charge < -0.3 is 0 Å². The lowest BCUT2D eigenvalue weighted by molar-refractivity contribution is -0.123. The summed E-state index contributed by atoms with van der Waals surface area (Å²) in [4.78, 5) is 15.4. The van der Waals surface area contributed by atoms with E-state index < -0.39 is 0 Å². The summed E-state index contributed by atoms with van der Waals surface area (Å²) in [5, 5.41) is 4.84. The van der Waals surface area contributed by atoms with E-state index in [2.05, 4.69) is 38.1 Å². The number of rotatable bonds is 5. The molecule has 1 aliphatic heterocycles. The number of thiocarbonyl (C=S) groups is 1. The minimum atomic E-state index is -0.0262. The van der Waals surface area contributed by atoms with Gasteiger partial charge in [0.1, 0.15) is 4.32 Å². The zero-order valence-corrected chi connectivity index (χ0v) is 18.8. The molecule has 3 aromatic rings. The van der Waals surface area contributed by atoms with E-state index in [0.29, 0.717) is 9.23 Å². The summed E-state index contributed by atoms with van der Waals surface area (Å²) in [5.41, 5.74) is 4.91. The van der Waals surface area contributed by atoms with Crippen LogP contribution < -0.4 is 0 Å². The average Bonchev–Trinajstić information content (AvgIpc) is 3.30. The maximum Gasteiger partial charge on any atom is 0.266 e. The van der Waals surface area contributed by atoms with Gasteiger partial charge in [0, 0.05) is 23.4 Å². The molecule has 2 heterocycles. The molecule has 0 bridgehead atoms. The minimum absolute atomic E-state index is 0.0262. The van der Waals surface area contributed by atoms with Gasteiger partial charge in [0.15, 0.2) is 0 Å². The van der Waals surface area contributed by atoms with Gasteiger partial charge in [-0.05, 0) is 38.5 Å². The van der Waals surface area contributed by atoms with Crippen LogP contribution in [0.1, 0.15) is 31.4 Å². The van der Waals surface area contributed by atoms with Crippen molar-refractivity contribution in [3.05, 3.63) is 76.8 Å². The van der Waals surface area contributed by atoms with Gasteiger partial charge >= 0.3 is 0 Å². The zero-order chi connectivity index (χ0) is 21.3. The molecule has 30 heavy (non-hydrogen) atoms. The SMILES string of the molecule is CC[C@H](C)N1C(=O)/C(=C/c2cn(-c3ccccc3)nc2-c2ccc(C)cc2)SC1=S. The predicted octanol–water partition coefficient (Wildman–Crippen LogP) is 5.85. The number of hydrogen-bond donors (Lipinski definition) is 0. The highest BCUT2D eigenvalue weighted by atomic mass is 32.2. The maximum absolute atomic E-state index is 13.0. The highest BCUT2D eigenvalue weighted by molar-refractivity contribution is 8.26. The molecule has 1 aliphatic rings. The van der Waals surface area contributed by atoms with Crippen molar-refractivity contribution in [3.8, 4) is 16.9 Å². The lowest BCUT2D eigenvalue weighted by Gasteiger charge is -2.21. The van der Waals surface area contributed by atoms with Gasteiger partial charge in [-0.25, -0.2) is 4.68 Å². The number of aryl methyl sites for hydroxylation is 1. The van der Waals surface area contributed by atoms with Gasteiger partial charge in [-0.15, -0.1) is 0 Å². The molecule has 0 aliphatic carbocycles. The highest BCUT2D eigenvalue weighted by Gasteiger charge is 2.35. The predicted molar refractivity (Wildman–Crippen MR) is 129 cm³/mol. The standard InChI is InChI=1S/C24H23N3OS2/c1-4-17(3)27-23(28)21(30-24(27)29)14-19-15-26(20-8-6-5-7-9-20)25-22(19)18-12-10-16(2)11-13-18/h5-15,17H,4H2,1-3H3/b21-14-/t17-/m0/s1. The number of nitrogens with zero attached hydrogens (tertiary/aromatic N) is 3. The minimum Gasteiger partial charge on any atom is -0.290 e. The first kappa shape index (κ1) is 20.6. The molecular weight excluding hydrogens is 410 g/mol. The topological polar surface area (TPSA) is 38.1 Å². The third-order valence-electron chi connectivity index (χ3n) is 5.23. The van der Waals surface area contributed by atoms with Crippen molar-refractivity contribution in [2.45, 2.75) is 33.2 Å². The van der Waals surface area contributed by atoms with E-state index in [9.17, 15) is 4.79 Å². The number of amides is 1. The fourth-order valence-electron chi connectivity index (χ4n) is 3.33. The molecule has 0 unspecified atom stereocenters. The summed E-state index contributed by atoms with van der Waals surface area (Å²) in [6.45, 7) is 6.15. The molecule has 152 valence electrons. The lowest BCUT2D eigenvalue weighted by atomic mass is 10.1. The maximum atomic E-state index is 13.0. The summed E-state index contributed by atoms with van der Waals surface area (Å²) < 4.78 is 2.48. The van der Waals surface area contributed by atoms with Crippen molar-refractivity contribution >= 4 is 40.3 Å². The molecular formula is C24H23N3OS2. The molecule has 0 N–H and O–H groups in total. The van der Waals surface area contributed by atoms with Crippen LogP contribution >= 0.6 is 24.0 Å². The van der Waals surface area contributed by atoms with E-state index in [1.165, 1.54) is 17.3 Å². The number of thioether (sulfide) groups is 1. The molecule has 1 atom stereocenters. The third-order valence-corrected chi connectivity index (χ3v) is 6.56. The van der Waals surface area contributed by atoms with Crippen LogP contribution in [0.4, 0.5) is 0 Å². The summed E-state index contributed by atoms with van der Waals surface area (Å²) >= 11 is 6.85. The number of para-hydroxylation sites is 1. The summed E-state index contributed by atoms with van der Waals surface area (Å²) in [7, 11) is 0. The fourth-order valence-corrected chi connectivity index (χ4v) is 4.78. The number of benzene rings is 2. The van der Waals surface area contributed by atoms with Crippen LogP contribution in [0.15, 0.2) is 65.7 Å². The quantitative estimate of drug-likeness (QED) is 0.374. The monoisotopic (exact) mass is 433 g/mol. The number of carbonyl (C=O) groups is 1. The largest absolute Gasteiger partial charge is 0.290 e. The van der Waals surface area contributed by atoms with Gasteiger partial charge in [0.05, 0.1) is 16.3 Å². The van der Waals surface area contributed by atoms with Crippen LogP contribution in [-0.2, 0) is 4.79 Å². The van der Waals surface area contributed by atoms with Gasteiger partial charge in [-0.3, -0.25) is 9.69 Å². The van der Waals surface area contributed by atoms with E-state index in [4.69, 9.17) is 17.3 Å². The van der Waals surface area contributed by atoms with Crippen molar-refractivity contribution in [1.29, 1.82) is 0 Å². The number of hydrogen-bond acceptors (Lipinski definition) is 4. The van der Waals surface area contributed by atoms with E-state index in [0.717, 1.165) is 28.9 Å². The van der Waals surface area contributed by atoms with Crippen molar-refractivity contribution in [2.24, 2.45) is 0 Å². The fraction of sp³-hybridized carbons (Fsp3) is 0.208. The molecule has 0 spiro atoms. The van der Waals surface area contributed by atoms with Crippen LogP contribution in [0, 0.1) is 6.92 Å². The third kappa shape index (κ3) is 3.98. The molecule has 1 saturated heterocycles. The van der Waals surface area contributed by atoms with Crippen molar-refractivity contribution < 1.29 is 4.79 Å². The van der Waals surface area contributed by atoms with Gasteiger partial charge in [0.25, 0.3) is 5.91 Å². The van der Waals surface area contributed by atoms with Crippen LogP contribution in [0.5, 0.6) is 0 Å². The molecule has 1 fully saturated rings. The molecule has 1 amide bonds. The zero-order valence-electron chi connectivity index (χ0n) is 17.2. The highest BCUT2D eigenvalue weighted by Crippen LogP contribution is 2.36. The summed E-state index contributed by atoms with van der Waals surface area (Å²) in [5.74, 6) is -0.0262. The Bertz CT molecular complexity index is 1120. The molecule has 1 aromatic heterocycles. The van der Waals surface area contributed by atoms with Crippen molar-refractivity contribution in [2.75, 3.05) is 0 Å². The van der Waals surface area contributed by atoms with Gasteiger partial charge in [0.2, 0.25) is 0 Å². The Morgan fingerprint density at radius 3 is 2.50 bits per heavy atom. The average molecular weight is 434 g/mol. The summed E-state index contributed by atoms with van der Waals surface area (Å²) in [6, 6.07) is 18.3. The van der Waals surface area contributed by atoms with E-state index in [1.807, 2.05) is 54.2 Å². The smallest absolute Gasteiger partial charge is 0.266 e. The first-order valence-corrected chi connectivity index (χ1v) is 11.2. The Balaban J connectivity index is 1.79. The van der Waals surface area contributed by atoms with E-state index in [-0.39, 0.29) is 11.9 Å². The second-order valence-corrected chi connectivity index (χ2v) is 9.06. The lowest BCUT2D eigenvalue weighted by Crippen LogP contribution is -2.36. The second kappa shape index (κ2) is 8.58. The Kier molecular flexibility index (Phi) is 5.88. The van der Waals surface area contributed by atoms with E-state index in [1.54, 1.807) is 4.90 Å². The number of carbonyl (C=O) groups excluding carboxylic acids is 1. The summed E-state index contributed by atoms with van der Waals surface area (Å²) in [6.07, 6.45) is 4.75. The molecule has 6 heteroatoms. The Morgan fingerprint density at radius 1 is 1.13 bits per heavy atom. The van der Waals surface area contributed by atoms with Gasteiger partial charge in [-0.2, -0.15) is 5.10 Å². The Labute approximate surface area is 186 Å². The van der Waals surface area contributed by atoms with Gasteiger partial charge in [-0.1, -0.05) is 78.9 Å². The van der Waals surface area contributed by atoms with Crippen LogP contribution in [-0.4, -0.2) is 30.9 Å². The Hall–Kier alpha value is -2.70. The first-order valence-electron chi connectivity index (χ1n) is 9.97. The molecule has 0 radical (unpaired) electrons. The second-order valence-electron chi connectivity index (χ2n) is 7.39. The van der Waals surface area contributed by atoms with Crippen LogP contribution in [0.2, 0.25) is 0 Å². The molecule has 2 aromatic carbocycles. The van der Waals surface area contributed by atoms with Crippen molar-refractivity contribution in [1.82, 2.24) is 14.7 Å². The molecule has 4 rings (SSSR count). The van der Waals surface area contributed by atoms with Crippen molar-refractivity contribution in [3.63, 3.8) is 0 Å². The van der Waals surface area contributed by atoms with E-state index >= 15 is 0 Å². The molecule has 0 saturated carbocycles. The Morgan fingerprint density at radius 2 is 1.83 bits per heavy atom. The van der Waals surface area contributed by atoms with Crippen LogP contribution in [0.3, 0.4) is 0 Å².